The van der Waals surface area contributed by atoms with Crippen LogP contribution in [0.5, 0.6) is 0 Å². The lowest BCUT2D eigenvalue weighted by molar-refractivity contribution is -0.148. The molecule has 2 heteroatoms. The van der Waals surface area contributed by atoms with Crippen LogP contribution in [0.2, 0.25) is 0 Å². The Morgan fingerprint density at radius 2 is 0.839 bits per heavy atom. The Kier molecular flexibility index (Phi) is 25.3. The maximum atomic E-state index is 12.1. The normalized spacial score (nSPS) is 12.2. The molecule has 0 amide bonds. The molecule has 0 radical (unpaired) electrons. The van der Waals surface area contributed by atoms with E-state index in [2.05, 4.69) is 13.8 Å². The number of carbonyl (C=O) groups is 1. The van der Waals surface area contributed by atoms with Crippen LogP contribution in [0.3, 0.4) is 0 Å². The molecular formula is C29H58O2. The van der Waals surface area contributed by atoms with Gasteiger partial charge in [0.1, 0.15) is 0 Å². The average Bonchev–Trinajstić information content (AvgIpc) is 2.77. The van der Waals surface area contributed by atoms with E-state index in [-0.39, 0.29) is 11.9 Å². The maximum Gasteiger partial charge on any atom is 0.308 e. The highest BCUT2D eigenvalue weighted by Gasteiger charge is 2.13. The quantitative estimate of drug-likeness (QED) is 0.105. The minimum Gasteiger partial charge on any atom is -0.465 e. The molecule has 0 aromatic heterocycles. The van der Waals surface area contributed by atoms with E-state index in [1.165, 1.54) is 135 Å². The van der Waals surface area contributed by atoms with Crippen LogP contribution in [0, 0.1) is 5.92 Å². The zero-order valence-electron chi connectivity index (χ0n) is 21.9. The molecule has 0 rings (SSSR count). The Hall–Kier alpha value is -0.530. The first-order chi connectivity index (χ1) is 15.2. The van der Waals surface area contributed by atoms with Crippen LogP contribution in [0.4, 0.5) is 0 Å². The lowest BCUT2D eigenvalue weighted by atomic mass is 10.0. The van der Waals surface area contributed by atoms with E-state index < -0.39 is 0 Å². The molecule has 0 saturated heterocycles. The number of hydrogen-bond donors (Lipinski definition) is 0. The van der Waals surface area contributed by atoms with Crippen molar-refractivity contribution in [3.63, 3.8) is 0 Å². The second kappa shape index (κ2) is 25.7. The number of unbranched alkanes of at least 4 members (excludes halogenated alkanes) is 20. The van der Waals surface area contributed by atoms with Crippen molar-refractivity contribution >= 4 is 5.97 Å². The predicted octanol–water partition coefficient (Wildman–Crippen LogP) is 10.2. The standard InChI is InChI=1S/C29H58O2/c1-4-6-8-10-12-14-15-16-17-18-19-21-23-25-27-31-29(30)28(3)26-24-22-20-13-11-9-7-5-2/h28H,4-27H2,1-3H3. The van der Waals surface area contributed by atoms with E-state index in [1.807, 2.05) is 6.92 Å². The summed E-state index contributed by atoms with van der Waals surface area (Å²) in [4.78, 5) is 12.1. The van der Waals surface area contributed by atoms with E-state index in [9.17, 15) is 4.79 Å². The van der Waals surface area contributed by atoms with Gasteiger partial charge >= 0.3 is 5.97 Å². The number of hydrogen-bond acceptors (Lipinski definition) is 2. The van der Waals surface area contributed by atoms with Gasteiger partial charge in [0.2, 0.25) is 0 Å². The van der Waals surface area contributed by atoms with Gasteiger partial charge in [0.15, 0.2) is 0 Å². The highest BCUT2D eigenvalue weighted by Crippen LogP contribution is 2.15. The van der Waals surface area contributed by atoms with Crippen molar-refractivity contribution < 1.29 is 9.53 Å². The third-order valence-electron chi connectivity index (χ3n) is 6.64. The topological polar surface area (TPSA) is 26.3 Å². The number of carbonyl (C=O) groups excluding carboxylic acids is 1. The van der Waals surface area contributed by atoms with Gasteiger partial charge in [-0.15, -0.1) is 0 Å². The summed E-state index contributed by atoms with van der Waals surface area (Å²) < 4.78 is 5.49. The monoisotopic (exact) mass is 438 g/mol. The molecule has 186 valence electrons. The van der Waals surface area contributed by atoms with Gasteiger partial charge in [-0.2, -0.15) is 0 Å². The summed E-state index contributed by atoms with van der Waals surface area (Å²) in [5.74, 6) is 0.101. The first-order valence-electron chi connectivity index (χ1n) is 14.4. The number of esters is 1. The van der Waals surface area contributed by atoms with Crippen molar-refractivity contribution in [1.29, 1.82) is 0 Å². The molecule has 0 N–H and O–H groups in total. The van der Waals surface area contributed by atoms with Crippen molar-refractivity contribution in [3.05, 3.63) is 0 Å². The Bertz CT molecular complexity index is 353. The number of rotatable bonds is 25. The molecule has 1 atom stereocenters. The van der Waals surface area contributed by atoms with Crippen LogP contribution in [0.25, 0.3) is 0 Å². The molecule has 0 aliphatic heterocycles. The summed E-state index contributed by atoms with van der Waals surface area (Å²) in [6.45, 7) is 7.21. The van der Waals surface area contributed by atoms with Gasteiger partial charge in [-0.3, -0.25) is 4.79 Å². The van der Waals surface area contributed by atoms with Crippen LogP contribution in [-0.2, 0) is 9.53 Å². The fourth-order valence-corrected chi connectivity index (χ4v) is 4.31. The molecule has 0 saturated carbocycles. The van der Waals surface area contributed by atoms with Crippen molar-refractivity contribution in [2.24, 2.45) is 5.92 Å². The summed E-state index contributed by atoms with van der Waals surface area (Å²) in [7, 11) is 0. The molecule has 0 spiro atoms. The third-order valence-corrected chi connectivity index (χ3v) is 6.64. The van der Waals surface area contributed by atoms with Gasteiger partial charge < -0.3 is 4.74 Å². The molecule has 0 aromatic rings. The van der Waals surface area contributed by atoms with Gasteiger partial charge in [0.05, 0.1) is 12.5 Å². The fourth-order valence-electron chi connectivity index (χ4n) is 4.31. The molecule has 0 heterocycles. The third kappa shape index (κ3) is 24.0. The molecule has 31 heavy (non-hydrogen) atoms. The average molecular weight is 439 g/mol. The van der Waals surface area contributed by atoms with Crippen molar-refractivity contribution in [3.8, 4) is 0 Å². The van der Waals surface area contributed by atoms with Gasteiger partial charge in [-0.25, -0.2) is 0 Å². The Labute approximate surface area is 196 Å². The molecule has 0 aliphatic carbocycles. The van der Waals surface area contributed by atoms with Gasteiger partial charge in [-0.05, 0) is 12.8 Å². The lowest BCUT2D eigenvalue weighted by Gasteiger charge is -2.11. The van der Waals surface area contributed by atoms with Crippen LogP contribution in [-0.4, -0.2) is 12.6 Å². The van der Waals surface area contributed by atoms with E-state index >= 15 is 0 Å². The largest absolute Gasteiger partial charge is 0.465 e. The summed E-state index contributed by atoms with van der Waals surface area (Å²) in [6.07, 6.45) is 30.6. The highest BCUT2D eigenvalue weighted by molar-refractivity contribution is 5.71. The van der Waals surface area contributed by atoms with Crippen LogP contribution in [0.15, 0.2) is 0 Å². The van der Waals surface area contributed by atoms with Gasteiger partial charge in [-0.1, -0.05) is 156 Å². The maximum absolute atomic E-state index is 12.1. The summed E-state index contributed by atoms with van der Waals surface area (Å²) in [6, 6.07) is 0. The van der Waals surface area contributed by atoms with Crippen LogP contribution < -0.4 is 0 Å². The summed E-state index contributed by atoms with van der Waals surface area (Å²) in [5, 5.41) is 0. The summed E-state index contributed by atoms with van der Waals surface area (Å²) >= 11 is 0. The molecule has 0 aliphatic rings. The second-order valence-electron chi connectivity index (χ2n) is 9.93. The lowest BCUT2D eigenvalue weighted by Crippen LogP contribution is -2.15. The van der Waals surface area contributed by atoms with Crippen LogP contribution in [0.1, 0.15) is 168 Å². The highest BCUT2D eigenvalue weighted by atomic mass is 16.5. The molecule has 0 bridgehead atoms. The molecule has 0 fully saturated rings. The SMILES string of the molecule is CCCCCCCCCCCCCCCCOC(=O)C(C)CCCCCCCCCC. The number of ether oxygens (including phenoxy) is 1. The van der Waals surface area contributed by atoms with E-state index in [4.69, 9.17) is 4.74 Å². The van der Waals surface area contributed by atoms with Crippen molar-refractivity contribution in [2.45, 2.75) is 168 Å². The molecule has 0 aromatic carbocycles. The minimum absolute atomic E-state index is 0.0256. The Morgan fingerprint density at radius 3 is 1.23 bits per heavy atom. The molecule has 2 nitrogen and oxygen atoms in total. The second-order valence-corrected chi connectivity index (χ2v) is 9.93. The van der Waals surface area contributed by atoms with Gasteiger partial charge in [0, 0.05) is 0 Å². The Balaban J connectivity index is 3.27. The van der Waals surface area contributed by atoms with Crippen molar-refractivity contribution in [1.82, 2.24) is 0 Å². The van der Waals surface area contributed by atoms with Gasteiger partial charge in [0.25, 0.3) is 0 Å². The van der Waals surface area contributed by atoms with E-state index in [1.54, 1.807) is 0 Å². The molecule has 1 unspecified atom stereocenters. The zero-order valence-corrected chi connectivity index (χ0v) is 21.9. The first kappa shape index (κ1) is 30.5. The predicted molar refractivity (Wildman–Crippen MR) is 138 cm³/mol. The van der Waals surface area contributed by atoms with Crippen molar-refractivity contribution in [2.75, 3.05) is 6.61 Å². The van der Waals surface area contributed by atoms with Crippen LogP contribution >= 0.6 is 0 Å². The Morgan fingerprint density at radius 1 is 0.516 bits per heavy atom. The molecular weight excluding hydrogens is 380 g/mol. The smallest absolute Gasteiger partial charge is 0.308 e. The van der Waals surface area contributed by atoms with E-state index in [0.717, 1.165) is 12.8 Å². The fraction of sp³-hybridized carbons (Fsp3) is 0.966. The zero-order chi connectivity index (χ0) is 22.8. The van der Waals surface area contributed by atoms with E-state index in [0.29, 0.717) is 6.61 Å². The minimum atomic E-state index is 0.0256. The first-order valence-corrected chi connectivity index (χ1v) is 14.4. The summed E-state index contributed by atoms with van der Waals surface area (Å²) in [5.41, 5.74) is 0.